The predicted octanol–water partition coefficient (Wildman–Crippen LogP) is 1.60. The largest absolute Gasteiger partial charge is 0.459 e. The molecule has 2 rings (SSSR count). The molecule has 84 valence electrons. The van der Waals surface area contributed by atoms with E-state index in [-0.39, 0.29) is 11.7 Å². The molecule has 0 aliphatic rings. The molecule has 16 heavy (non-hydrogen) atoms. The maximum atomic E-state index is 11.5. The zero-order valence-corrected chi connectivity index (χ0v) is 9.36. The summed E-state index contributed by atoms with van der Waals surface area (Å²) in [4.78, 5) is 11.5. The third-order valence-corrected chi connectivity index (χ3v) is 2.49. The Morgan fingerprint density at radius 3 is 3.06 bits per heavy atom. The van der Waals surface area contributed by atoms with Crippen LogP contribution in [0.3, 0.4) is 0 Å². The molecule has 5 nitrogen and oxygen atoms in total. The first kappa shape index (κ1) is 10.8. The lowest BCUT2D eigenvalue weighted by molar-refractivity contribution is 0.0922. The van der Waals surface area contributed by atoms with E-state index in [1.165, 1.54) is 12.5 Å². The number of carbonyl (C=O) groups is 1. The van der Waals surface area contributed by atoms with E-state index in [9.17, 15) is 4.79 Å². The molecule has 0 atom stereocenters. The SMILES string of the molecule is Cn1ncc(Cl)c1CNC(=O)c1ccco1. The van der Waals surface area contributed by atoms with E-state index in [0.717, 1.165) is 5.69 Å². The number of aromatic nitrogens is 2. The predicted molar refractivity (Wildman–Crippen MR) is 58.1 cm³/mol. The zero-order valence-electron chi connectivity index (χ0n) is 8.61. The van der Waals surface area contributed by atoms with Crippen LogP contribution < -0.4 is 5.32 Å². The van der Waals surface area contributed by atoms with Crippen molar-refractivity contribution in [3.05, 3.63) is 41.1 Å². The van der Waals surface area contributed by atoms with E-state index in [2.05, 4.69) is 10.4 Å². The minimum absolute atomic E-state index is 0.276. The van der Waals surface area contributed by atoms with Crippen molar-refractivity contribution in [2.75, 3.05) is 0 Å². The maximum Gasteiger partial charge on any atom is 0.287 e. The Hall–Kier alpha value is -1.75. The van der Waals surface area contributed by atoms with Crippen LogP contribution in [-0.2, 0) is 13.6 Å². The quantitative estimate of drug-likeness (QED) is 0.885. The summed E-state index contributed by atoms with van der Waals surface area (Å²) in [7, 11) is 1.76. The second-order valence-corrected chi connectivity index (χ2v) is 3.63. The first-order valence-corrected chi connectivity index (χ1v) is 5.04. The van der Waals surface area contributed by atoms with Crippen LogP contribution >= 0.6 is 11.6 Å². The molecule has 2 heterocycles. The summed E-state index contributed by atoms with van der Waals surface area (Å²) in [6, 6.07) is 3.26. The van der Waals surface area contributed by atoms with Gasteiger partial charge < -0.3 is 9.73 Å². The van der Waals surface area contributed by atoms with E-state index in [4.69, 9.17) is 16.0 Å². The van der Waals surface area contributed by atoms with Gasteiger partial charge in [0.05, 0.1) is 29.7 Å². The molecule has 0 spiro atoms. The molecule has 1 amide bonds. The molecule has 0 aliphatic heterocycles. The van der Waals surface area contributed by atoms with Crippen molar-refractivity contribution >= 4 is 17.5 Å². The van der Waals surface area contributed by atoms with Crippen LogP contribution in [0.2, 0.25) is 5.02 Å². The zero-order chi connectivity index (χ0) is 11.5. The number of halogens is 1. The standard InChI is InChI=1S/C10H10ClN3O2/c1-14-8(7(11)5-13-14)6-12-10(15)9-3-2-4-16-9/h2-5H,6H2,1H3,(H,12,15). The molecule has 2 aromatic rings. The van der Waals surface area contributed by atoms with Crippen LogP contribution in [0.1, 0.15) is 16.2 Å². The molecule has 0 aromatic carbocycles. The third-order valence-electron chi connectivity index (χ3n) is 2.17. The van der Waals surface area contributed by atoms with Crippen LogP contribution in [-0.4, -0.2) is 15.7 Å². The highest BCUT2D eigenvalue weighted by molar-refractivity contribution is 6.31. The summed E-state index contributed by atoms with van der Waals surface area (Å²) in [6.07, 6.45) is 2.99. The molecule has 2 aromatic heterocycles. The Labute approximate surface area is 97.0 Å². The van der Waals surface area contributed by atoms with Crippen molar-refractivity contribution in [2.45, 2.75) is 6.54 Å². The van der Waals surface area contributed by atoms with Crippen LogP contribution in [0.25, 0.3) is 0 Å². The summed E-state index contributed by atoms with van der Waals surface area (Å²) in [6.45, 7) is 0.314. The van der Waals surface area contributed by atoms with Crippen LogP contribution in [0.5, 0.6) is 0 Å². The van der Waals surface area contributed by atoms with Gasteiger partial charge in [0.25, 0.3) is 5.91 Å². The number of furan rings is 1. The summed E-state index contributed by atoms with van der Waals surface area (Å²) < 4.78 is 6.57. The van der Waals surface area contributed by atoms with Crippen LogP contribution in [0.15, 0.2) is 29.0 Å². The highest BCUT2D eigenvalue weighted by Gasteiger charge is 2.11. The molecule has 1 N–H and O–H groups in total. The lowest BCUT2D eigenvalue weighted by Crippen LogP contribution is -2.23. The van der Waals surface area contributed by atoms with Gasteiger partial charge in [-0.05, 0) is 12.1 Å². The number of nitrogens with one attached hydrogen (secondary N) is 1. The number of amides is 1. The van der Waals surface area contributed by atoms with Crippen molar-refractivity contribution < 1.29 is 9.21 Å². The lowest BCUT2D eigenvalue weighted by atomic mass is 10.4. The summed E-state index contributed by atoms with van der Waals surface area (Å²) in [5.41, 5.74) is 0.751. The monoisotopic (exact) mass is 239 g/mol. The molecule has 6 heteroatoms. The van der Waals surface area contributed by atoms with Crippen molar-refractivity contribution in [3.63, 3.8) is 0 Å². The second kappa shape index (κ2) is 4.40. The minimum atomic E-state index is -0.276. The highest BCUT2D eigenvalue weighted by Crippen LogP contribution is 2.13. The van der Waals surface area contributed by atoms with Gasteiger partial charge >= 0.3 is 0 Å². The number of aryl methyl sites for hydroxylation is 1. The first-order valence-electron chi connectivity index (χ1n) is 4.66. The number of hydrogen-bond acceptors (Lipinski definition) is 3. The van der Waals surface area contributed by atoms with Crippen molar-refractivity contribution in [1.29, 1.82) is 0 Å². The summed E-state index contributed by atoms with van der Waals surface area (Å²) in [5.74, 6) is 0.000516. The Balaban J connectivity index is 2.01. The molecule has 0 unspecified atom stereocenters. The number of hydrogen-bond donors (Lipinski definition) is 1. The minimum Gasteiger partial charge on any atom is -0.459 e. The molecule has 0 fully saturated rings. The molecule has 0 bridgehead atoms. The van der Waals surface area contributed by atoms with Gasteiger partial charge in [-0.3, -0.25) is 9.48 Å². The Kier molecular flexibility index (Phi) is 2.96. The van der Waals surface area contributed by atoms with Gasteiger partial charge in [-0.1, -0.05) is 11.6 Å². The highest BCUT2D eigenvalue weighted by atomic mass is 35.5. The normalized spacial score (nSPS) is 10.4. The van der Waals surface area contributed by atoms with Crippen LogP contribution in [0, 0.1) is 0 Å². The summed E-state index contributed by atoms with van der Waals surface area (Å²) in [5, 5.41) is 7.19. The topological polar surface area (TPSA) is 60.1 Å². The average Bonchev–Trinajstić information content (AvgIpc) is 2.87. The lowest BCUT2D eigenvalue weighted by Gasteiger charge is -2.04. The fourth-order valence-electron chi connectivity index (χ4n) is 1.29. The van der Waals surface area contributed by atoms with E-state index in [1.807, 2.05) is 0 Å². The molecule has 0 aliphatic carbocycles. The number of nitrogens with zero attached hydrogens (tertiary/aromatic N) is 2. The average molecular weight is 240 g/mol. The Morgan fingerprint density at radius 2 is 2.50 bits per heavy atom. The summed E-state index contributed by atoms with van der Waals surface area (Å²) >= 11 is 5.90. The first-order chi connectivity index (χ1) is 7.68. The number of carbonyl (C=O) groups excluding carboxylic acids is 1. The molecule has 0 saturated heterocycles. The van der Waals surface area contributed by atoms with E-state index in [0.29, 0.717) is 11.6 Å². The van der Waals surface area contributed by atoms with Gasteiger partial charge in [0, 0.05) is 7.05 Å². The molecule has 0 saturated carbocycles. The van der Waals surface area contributed by atoms with Gasteiger partial charge in [0.2, 0.25) is 0 Å². The molecular formula is C10H10ClN3O2. The van der Waals surface area contributed by atoms with E-state index < -0.39 is 0 Å². The van der Waals surface area contributed by atoms with Gasteiger partial charge in [-0.25, -0.2) is 0 Å². The third kappa shape index (κ3) is 2.09. The molecule has 0 radical (unpaired) electrons. The Morgan fingerprint density at radius 1 is 1.69 bits per heavy atom. The van der Waals surface area contributed by atoms with Gasteiger partial charge in [-0.2, -0.15) is 5.10 Å². The fraction of sp³-hybridized carbons (Fsp3) is 0.200. The Bertz CT molecular complexity index is 471. The van der Waals surface area contributed by atoms with E-state index in [1.54, 1.807) is 23.9 Å². The second-order valence-electron chi connectivity index (χ2n) is 3.22. The molecular weight excluding hydrogens is 230 g/mol. The van der Waals surface area contributed by atoms with Gasteiger partial charge in [0.1, 0.15) is 0 Å². The van der Waals surface area contributed by atoms with E-state index >= 15 is 0 Å². The van der Waals surface area contributed by atoms with Gasteiger partial charge in [0.15, 0.2) is 5.76 Å². The van der Waals surface area contributed by atoms with Crippen LogP contribution in [0.4, 0.5) is 0 Å². The van der Waals surface area contributed by atoms with Gasteiger partial charge in [-0.15, -0.1) is 0 Å². The van der Waals surface area contributed by atoms with Crippen molar-refractivity contribution in [2.24, 2.45) is 7.05 Å². The fourth-order valence-corrected chi connectivity index (χ4v) is 1.53. The number of rotatable bonds is 3. The smallest absolute Gasteiger partial charge is 0.287 e. The maximum absolute atomic E-state index is 11.5. The van der Waals surface area contributed by atoms with Crippen molar-refractivity contribution in [3.8, 4) is 0 Å². The van der Waals surface area contributed by atoms with Crippen molar-refractivity contribution in [1.82, 2.24) is 15.1 Å².